The van der Waals surface area contributed by atoms with Crippen molar-refractivity contribution in [2.45, 2.75) is 6.54 Å². The first-order chi connectivity index (χ1) is 18.7. The average Bonchev–Trinajstić information content (AvgIpc) is 3.35. The van der Waals surface area contributed by atoms with Crippen molar-refractivity contribution in [2.24, 2.45) is 0 Å². The van der Waals surface area contributed by atoms with Crippen LogP contribution < -0.4 is 5.73 Å². The Balaban J connectivity index is 0.000000298. The van der Waals surface area contributed by atoms with Crippen molar-refractivity contribution in [3.63, 3.8) is 0 Å². The molecule has 0 aliphatic heterocycles. The fourth-order valence-electron chi connectivity index (χ4n) is 3.84. The summed E-state index contributed by atoms with van der Waals surface area (Å²) in [5.41, 5.74) is 7.19. The number of halogens is 2. The summed E-state index contributed by atoms with van der Waals surface area (Å²) >= 11 is 4.12. The number of pyridine rings is 2. The highest BCUT2D eigenvalue weighted by molar-refractivity contribution is 7.77. The van der Waals surface area contributed by atoms with Crippen LogP contribution in [0.25, 0.3) is 22.2 Å². The van der Waals surface area contributed by atoms with Gasteiger partial charge in [0.1, 0.15) is 17.2 Å². The molecule has 2 aromatic carbocycles. The van der Waals surface area contributed by atoms with Gasteiger partial charge in [-0.1, -0.05) is 18.9 Å². The molecule has 3 aromatic heterocycles. The molecule has 0 saturated heterocycles. The molecule has 11 heteroatoms. The number of nitrogens with two attached hydrogens (primary N) is 1. The summed E-state index contributed by atoms with van der Waals surface area (Å²) in [6, 6.07) is 12.0. The Labute approximate surface area is 227 Å². The van der Waals surface area contributed by atoms with Crippen LogP contribution in [0.15, 0.2) is 73.3 Å². The lowest BCUT2D eigenvalue weighted by Gasteiger charge is -2.07. The first-order valence-corrected chi connectivity index (χ1v) is 11.9. The quantitative estimate of drug-likeness (QED) is 0.0997. The number of nitrogens with zero attached hydrogens (tertiary/aromatic N) is 3. The summed E-state index contributed by atoms with van der Waals surface area (Å²) in [4.78, 5) is 34.6. The number of carbonyl (C=O) groups excluding carboxylic acids is 2. The number of thiol groups is 1. The summed E-state index contributed by atoms with van der Waals surface area (Å²) in [6.07, 6.45) is 6.92. The van der Waals surface area contributed by atoms with Crippen LogP contribution >= 0.6 is 12.8 Å². The summed E-state index contributed by atoms with van der Waals surface area (Å²) in [5.74, 6) is -3.22. The van der Waals surface area contributed by atoms with Crippen LogP contribution in [0, 0.1) is 11.6 Å². The number of phenols is 1. The summed E-state index contributed by atoms with van der Waals surface area (Å²) in [6.45, 7) is 0.853. The molecule has 0 radical (unpaired) electrons. The molecule has 8 nitrogen and oxygen atoms in total. The van der Waals surface area contributed by atoms with Crippen molar-refractivity contribution in [1.29, 1.82) is 0 Å². The number of benzene rings is 2. The molecule has 0 fully saturated rings. The van der Waals surface area contributed by atoms with E-state index in [1.54, 1.807) is 24.5 Å². The number of aromatic nitrogens is 3. The van der Waals surface area contributed by atoms with Gasteiger partial charge >= 0.3 is 0 Å². The molecule has 5 aromatic rings. The van der Waals surface area contributed by atoms with Crippen LogP contribution in [-0.2, 0) is 6.54 Å². The van der Waals surface area contributed by atoms with Crippen molar-refractivity contribution in [3.8, 4) is 16.9 Å². The highest BCUT2D eigenvalue weighted by Gasteiger charge is 2.24. The van der Waals surface area contributed by atoms with E-state index in [4.69, 9.17) is 5.73 Å². The first kappa shape index (κ1) is 27.4. The lowest BCUT2D eigenvalue weighted by Crippen LogP contribution is -2.09. The number of H-pyrrole nitrogens is 1. The molecule has 0 atom stereocenters. The van der Waals surface area contributed by atoms with Gasteiger partial charge in [-0.05, 0) is 60.6 Å². The number of aromatic amines is 1. The van der Waals surface area contributed by atoms with Gasteiger partial charge in [-0.15, -0.1) is 0 Å². The predicted octanol–water partition coefficient (Wildman–Crippen LogP) is 5.20. The minimum absolute atomic E-state index is 0.0199. The van der Waals surface area contributed by atoms with E-state index >= 15 is 0 Å². The second-order valence-corrected chi connectivity index (χ2v) is 9.22. The van der Waals surface area contributed by atoms with Crippen molar-refractivity contribution < 1.29 is 23.5 Å². The zero-order chi connectivity index (χ0) is 28.1. The topological polar surface area (TPSA) is 125 Å². The van der Waals surface area contributed by atoms with Crippen LogP contribution in [-0.4, -0.2) is 43.5 Å². The highest BCUT2D eigenvalue weighted by Crippen LogP contribution is 2.30. The van der Waals surface area contributed by atoms with E-state index in [9.17, 15) is 23.5 Å². The Bertz CT molecular complexity index is 1660. The Kier molecular flexibility index (Phi) is 8.33. The van der Waals surface area contributed by atoms with Crippen molar-refractivity contribution in [3.05, 3.63) is 107 Å². The SMILES string of the molecule is CN(S)Cc1ccncc1.Nc1ccc(F)c(C(=O)c2c[nH]c3ncc(-c4ccc(C=O)c(O)c4)cc23)c1F. The predicted molar refractivity (Wildman–Crippen MR) is 147 cm³/mol. The van der Waals surface area contributed by atoms with Crippen molar-refractivity contribution >= 4 is 41.6 Å². The Hall–Kier alpha value is -4.61. The number of nitrogen functional groups attached to an aromatic ring is 1. The van der Waals surface area contributed by atoms with Gasteiger partial charge in [-0.2, -0.15) is 0 Å². The monoisotopic (exact) mass is 547 g/mol. The maximum atomic E-state index is 14.3. The molecule has 0 amide bonds. The number of fused-ring (bicyclic) bond motifs is 1. The van der Waals surface area contributed by atoms with E-state index in [2.05, 4.69) is 27.8 Å². The van der Waals surface area contributed by atoms with Gasteiger partial charge in [0.25, 0.3) is 0 Å². The van der Waals surface area contributed by atoms with Gasteiger partial charge in [0.2, 0.25) is 5.78 Å². The minimum atomic E-state index is -1.12. The number of nitrogens with one attached hydrogen (secondary N) is 1. The molecule has 0 saturated carbocycles. The summed E-state index contributed by atoms with van der Waals surface area (Å²) < 4.78 is 30.3. The molecule has 0 spiro atoms. The van der Waals surface area contributed by atoms with Gasteiger partial charge in [-0.25, -0.2) is 13.8 Å². The molecule has 0 aliphatic rings. The van der Waals surface area contributed by atoms with E-state index in [1.807, 2.05) is 23.5 Å². The molecular formula is C28H23F2N5O3S. The number of ketones is 1. The van der Waals surface area contributed by atoms with E-state index < -0.39 is 23.0 Å². The Morgan fingerprint density at radius 2 is 1.87 bits per heavy atom. The van der Waals surface area contributed by atoms with Crippen LogP contribution in [0.5, 0.6) is 5.75 Å². The van der Waals surface area contributed by atoms with E-state index in [1.165, 1.54) is 30.1 Å². The number of aldehydes is 1. The zero-order valence-corrected chi connectivity index (χ0v) is 21.5. The fraction of sp³-hybridized carbons (Fsp3) is 0.0714. The van der Waals surface area contributed by atoms with E-state index in [0.717, 1.165) is 18.7 Å². The normalized spacial score (nSPS) is 10.8. The lowest BCUT2D eigenvalue weighted by molar-refractivity contribution is 0.103. The maximum absolute atomic E-state index is 14.3. The van der Waals surface area contributed by atoms with Crippen LogP contribution in [0.1, 0.15) is 31.8 Å². The highest BCUT2D eigenvalue weighted by atomic mass is 32.1. The number of hydrogen-bond donors (Lipinski definition) is 4. The third-order valence-corrected chi connectivity index (χ3v) is 5.92. The minimum Gasteiger partial charge on any atom is -0.507 e. The van der Waals surface area contributed by atoms with Gasteiger partial charge in [0, 0.05) is 47.8 Å². The lowest BCUT2D eigenvalue weighted by atomic mass is 9.99. The fourth-order valence-corrected chi connectivity index (χ4v) is 4.00. The van der Waals surface area contributed by atoms with Crippen LogP contribution in [0.2, 0.25) is 0 Å². The molecule has 198 valence electrons. The van der Waals surface area contributed by atoms with Gasteiger partial charge in [-0.3, -0.25) is 18.9 Å². The molecular weight excluding hydrogens is 524 g/mol. The summed E-state index contributed by atoms with van der Waals surface area (Å²) in [5, 5.41) is 10.2. The molecule has 0 aliphatic carbocycles. The average molecular weight is 548 g/mol. The third kappa shape index (κ3) is 6.11. The van der Waals surface area contributed by atoms with Crippen LogP contribution in [0.4, 0.5) is 14.5 Å². The second-order valence-electron chi connectivity index (χ2n) is 8.54. The number of rotatable bonds is 6. The summed E-state index contributed by atoms with van der Waals surface area (Å²) in [7, 11) is 1.92. The Morgan fingerprint density at radius 1 is 1.13 bits per heavy atom. The van der Waals surface area contributed by atoms with Crippen molar-refractivity contribution in [1.82, 2.24) is 19.3 Å². The van der Waals surface area contributed by atoms with E-state index in [0.29, 0.717) is 28.4 Å². The van der Waals surface area contributed by atoms with E-state index in [-0.39, 0.29) is 22.6 Å². The van der Waals surface area contributed by atoms with Gasteiger partial charge in [0.15, 0.2) is 12.1 Å². The second kappa shape index (κ2) is 11.8. The number of phenolic OH excluding ortho intramolecular Hbond substituents is 1. The van der Waals surface area contributed by atoms with Gasteiger partial charge < -0.3 is 15.8 Å². The van der Waals surface area contributed by atoms with Crippen LogP contribution in [0.3, 0.4) is 0 Å². The molecule has 0 bridgehead atoms. The smallest absolute Gasteiger partial charge is 0.201 e. The molecule has 39 heavy (non-hydrogen) atoms. The number of carbonyl (C=O) groups is 2. The standard InChI is InChI=1S/C21H13F2N3O3.C7H10N2S/c22-15-3-4-16(24)19(23)18(15)20(29)14-8-26-21-13(14)5-12(7-25-21)10-1-2-11(9-27)17(28)6-10;1-9(10)6-7-2-4-8-5-3-7/h1-9,28H,24H2,(H,25,26);2-5,10H,6H2,1H3. The molecule has 4 N–H and O–H groups in total. The Morgan fingerprint density at radius 3 is 2.54 bits per heavy atom. The molecule has 3 heterocycles. The molecule has 5 rings (SSSR count). The number of hydrogen-bond acceptors (Lipinski definition) is 8. The van der Waals surface area contributed by atoms with Gasteiger partial charge in [0.05, 0.1) is 16.8 Å². The first-order valence-electron chi connectivity index (χ1n) is 11.5. The number of aromatic hydroxyl groups is 1. The molecule has 0 unspecified atom stereocenters. The zero-order valence-electron chi connectivity index (χ0n) is 20.6. The van der Waals surface area contributed by atoms with Crippen molar-refractivity contribution in [2.75, 3.05) is 12.8 Å². The largest absolute Gasteiger partial charge is 0.507 e. The maximum Gasteiger partial charge on any atom is 0.201 e. The third-order valence-electron chi connectivity index (χ3n) is 5.78. The number of anilines is 1.